The third-order valence-electron chi connectivity index (χ3n) is 5.38. The number of carbonyl (C=O) groups is 1. The largest absolute Gasteiger partial charge is 0.352 e. The Balaban J connectivity index is 1.38. The molecule has 1 aromatic heterocycles. The van der Waals surface area contributed by atoms with Crippen molar-refractivity contribution in [1.29, 1.82) is 0 Å². The van der Waals surface area contributed by atoms with Crippen LogP contribution in [-0.4, -0.2) is 51.0 Å². The Bertz CT molecular complexity index is 834. The fourth-order valence-corrected chi connectivity index (χ4v) is 4.07. The van der Waals surface area contributed by atoms with Crippen LogP contribution in [0.2, 0.25) is 0 Å². The van der Waals surface area contributed by atoms with Crippen LogP contribution in [0.1, 0.15) is 32.1 Å². The number of hydrogen-bond acceptors (Lipinski definition) is 5. The second-order valence-corrected chi connectivity index (χ2v) is 6.95. The molecule has 1 N–H and O–H groups in total. The molecule has 25 heavy (non-hydrogen) atoms. The van der Waals surface area contributed by atoms with Crippen LogP contribution in [0.15, 0.2) is 29.1 Å². The summed E-state index contributed by atoms with van der Waals surface area (Å²) in [6.07, 6.45) is 4.94. The van der Waals surface area contributed by atoms with Crippen molar-refractivity contribution >= 4 is 16.8 Å². The van der Waals surface area contributed by atoms with Gasteiger partial charge >= 0.3 is 0 Å². The molecule has 3 heterocycles. The molecule has 0 aliphatic carbocycles. The zero-order valence-corrected chi connectivity index (χ0v) is 14.2. The first kappa shape index (κ1) is 16.2. The van der Waals surface area contributed by atoms with E-state index >= 15 is 0 Å². The summed E-state index contributed by atoms with van der Waals surface area (Å²) in [4.78, 5) is 27.2. The summed E-state index contributed by atoms with van der Waals surface area (Å²) in [5, 5.41) is 11.7. The Morgan fingerprint density at radius 2 is 2.08 bits per heavy atom. The first-order chi connectivity index (χ1) is 12.2. The quantitative estimate of drug-likeness (QED) is 0.895. The number of nitrogens with zero attached hydrogens (tertiary/aromatic N) is 4. The second-order valence-electron chi connectivity index (χ2n) is 6.95. The Labute approximate surface area is 146 Å². The number of aryl methyl sites for hydroxylation is 1. The molecule has 7 heteroatoms. The molecule has 0 radical (unpaired) electrons. The fourth-order valence-electron chi connectivity index (χ4n) is 4.07. The molecule has 132 valence electrons. The van der Waals surface area contributed by atoms with E-state index in [1.54, 1.807) is 18.2 Å². The third-order valence-corrected chi connectivity index (χ3v) is 5.38. The highest BCUT2D eigenvalue weighted by Gasteiger charge is 2.36. The Hall–Kier alpha value is -2.28. The predicted octanol–water partition coefficient (Wildman–Crippen LogP) is 0.925. The number of amides is 1. The van der Waals surface area contributed by atoms with Gasteiger partial charge in [0.15, 0.2) is 0 Å². The number of aromatic nitrogens is 3. The van der Waals surface area contributed by atoms with Gasteiger partial charge in [0.2, 0.25) is 5.91 Å². The minimum Gasteiger partial charge on any atom is -0.352 e. The van der Waals surface area contributed by atoms with Gasteiger partial charge in [-0.15, -0.1) is 5.10 Å². The van der Waals surface area contributed by atoms with Gasteiger partial charge in [-0.2, -0.15) is 0 Å². The van der Waals surface area contributed by atoms with Crippen molar-refractivity contribution in [2.24, 2.45) is 0 Å². The molecule has 2 atom stereocenters. The first-order valence-corrected chi connectivity index (χ1v) is 9.08. The maximum Gasteiger partial charge on any atom is 0.277 e. The van der Waals surface area contributed by atoms with Gasteiger partial charge in [0.1, 0.15) is 5.52 Å². The number of rotatable bonds is 4. The molecule has 1 aromatic carbocycles. The smallest absolute Gasteiger partial charge is 0.277 e. The van der Waals surface area contributed by atoms with Crippen molar-refractivity contribution in [3.8, 4) is 0 Å². The predicted molar refractivity (Wildman–Crippen MR) is 94.2 cm³/mol. The lowest BCUT2D eigenvalue weighted by atomic mass is 9.99. The highest BCUT2D eigenvalue weighted by atomic mass is 16.2. The Morgan fingerprint density at radius 1 is 1.20 bits per heavy atom. The molecule has 2 fully saturated rings. The van der Waals surface area contributed by atoms with Crippen LogP contribution in [-0.2, 0) is 11.3 Å². The average molecular weight is 341 g/mol. The molecule has 0 unspecified atom stereocenters. The van der Waals surface area contributed by atoms with E-state index in [2.05, 4.69) is 20.5 Å². The monoisotopic (exact) mass is 341 g/mol. The maximum absolute atomic E-state index is 12.4. The van der Waals surface area contributed by atoms with Gasteiger partial charge in [-0.05, 0) is 37.9 Å². The standard InChI is InChI=1S/C18H23N5O2/c24-17(19-15-8-11-22-10-4-3-7-16(15)22)9-12-23-18(25)13-5-1-2-6-14(13)20-21-23/h1-2,5-6,15-16H,3-4,7-12H2,(H,19,24)/t15-,16-/m0/s1. The summed E-state index contributed by atoms with van der Waals surface area (Å²) in [7, 11) is 0. The van der Waals surface area contributed by atoms with Crippen LogP contribution in [0, 0.1) is 0 Å². The lowest BCUT2D eigenvalue weighted by Crippen LogP contribution is -2.47. The zero-order valence-electron chi connectivity index (χ0n) is 14.2. The number of carbonyl (C=O) groups excluding carboxylic acids is 1. The van der Waals surface area contributed by atoms with Crippen LogP contribution in [0.4, 0.5) is 0 Å². The molecule has 2 saturated heterocycles. The number of hydrogen-bond donors (Lipinski definition) is 1. The zero-order chi connectivity index (χ0) is 17.2. The van der Waals surface area contributed by atoms with Crippen LogP contribution in [0.5, 0.6) is 0 Å². The summed E-state index contributed by atoms with van der Waals surface area (Å²) >= 11 is 0. The third kappa shape index (κ3) is 3.28. The van der Waals surface area contributed by atoms with Crippen LogP contribution in [0.3, 0.4) is 0 Å². The first-order valence-electron chi connectivity index (χ1n) is 9.08. The van der Waals surface area contributed by atoms with E-state index in [0.29, 0.717) is 16.9 Å². The molecule has 2 aliphatic rings. The average Bonchev–Trinajstić information content (AvgIpc) is 3.04. The van der Waals surface area contributed by atoms with E-state index in [1.165, 1.54) is 23.9 Å². The Morgan fingerprint density at radius 3 is 3.00 bits per heavy atom. The van der Waals surface area contributed by atoms with E-state index < -0.39 is 0 Å². The minimum absolute atomic E-state index is 0.0146. The molecule has 7 nitrogen and oxygen atoms in total. The van der Waals surface area contributed by atoms with E-state index in [9.17, 15) is 9.59 Å². The fraction of sp³-hybridized carbons (Fsp3) is 0.556. The highest BCUT2D eigenvalue weighted by Crippen LogP contribution is 2.27. The number of benzene rings is 1. The van der Waals surface area contributed by atoms with Gasteiger partial charge in [0.25, 0.3) is 5.56 Å². The topological polar surface area (TPSA) is 80.1 Å². The van der Waals surface area contributed by atoms with Crippen molar-refractivity contribution < 1.29 is 4.79 Å². The SMILES string of the molecule is O=C(CCn1nnc2ccccc2c1=O)N[C@H]1CCN2CCCC[C@@H]12. The van der Waals surface area contributed by atoms with Gasteiger partial charge < -0.3 is 5.32 Å². The second kappa shape index (κ2) is 6.92. The lowest BCUT2D eigenvalue weighted by Gasteiger charge is -2.32. The lowest BCUT2D eigenvalue weighted by molar-refractivity contribution is -0.122. The summed E-state index contributed by atoms with van der Waals surface area (Å²) < 4.78 is 1.28. The van der Waals surface area contributed by atoms with E-state index in [-0.39, 0.29) is 30.5 Å². The van der Waals surface area contributed by atoms with Crippen molar-refractivity contribution in [1.82, 2.24) is 25.2 Å². The van der Waals surface area contributed by atoms with E-state index in [1.807, 2.05) is 6.07 Å². The van der Waals surface area contributed by atoms with Crippen LogP contribution < -0.4 is 10.9 Å². The summed E-state index contributed by atoms with van der Waals surface area (Å²) in [5.41, 5.74) is 0.384. The summed E-state index contributed by atoms with van der Waals surface area (Å²) in [6, 6.07) is 7.85. The molecular formula is C18H23N5O2. The van der Waals surface area contributed by atoms with Gasteiger partial charge in [0, 0.05) is 25.0 Å². The maximum atomic E-state index is 12.4. The van der Waals surface area contributed by atoms with Crippen molar-refractivity contribution in [3.63, 3.8) is 0 Å². The molecule has 2 aliphatic heterocycles. The van der Waals surface area contributed by atoms with Gasteiger partial charge in [-0.25, -0.2) is 4.68 Å². The van der Waals surface area contributed by atoms with Gasteiger partial charge in [0.05, 0.1) is 11.9 Å². The minimum atomic E-state index is -0.197. The molecule has 4 rings (SSSR count). The highest BCUT2D eigenvalue weighted by molar-refractivity contribution is 5.77. The molecule has 0 spiro atoms. The number of fused-ring (bicyclic) bond motifs is 2. The van der Waals surface area contributed by atoms with Crippen LogP contribution in [0.25, 0.3) is 10.9 Å². The summed E-state index contributed by atoms with van der Waals surface area (Å²) in [6.45, 7) is 2.48. The van der Waals surface area contributed by atoms with E-state index in [4.69, 9.17) is 0 Å². The number of piperidine rings is 1. The molecule has 0 bridgehead atoms. The Kier molecular flexibility index (Phi) is 4.48. The molecular weight excluding hydrogens is 318 g/mol. The van der Waals surface area contributed by atoms with Gasteiger partial charge in [-0.3, -0.25) is 14.5 Å². The molecule has 1 amide bonds. The number of nitrogens with one attached hydrogen (secondary N) is 1. The van der Waals surface area contributed by atoms with E-state index in [0.717, 1.165) is 19.5 Å². The summed E-state index contributed by atoms with van der Waals surface area (Å²) in [5.74, 6) is -0.0146. The van der Waals surface area contributed by atoms with Crippen molar-refractivity contribution in [3.05, 3.63) is 34.6 Å². The normalized spacial score (nSPS) is 23.5. The van der Waals surface area contributed by atoms with Crippen LogP contribution >= 0.6 is 0 Å². The van der Waals surface area contributed by atoms with Gasteiger partial charge in [-0.1, -0.05) is 23.8 Å². The molecule has 0 saturated carbocycles. The molecule has 2 aromatic rings. The van der Waals surface area contributed by atoms with Crippen molar-refractivity contribution in [2.45, 2.75) is 50.7 Å². The van der Waals surface area contributed by atoms with Crippen molar-refractivity contribution in [2.75, 3.05) is 13.1 Å².